The van der Waals surface area contributed by atoms with Gasteiger partial charge >= 0.3 is 5.91 Å². The third kappa shape index (κ3) is 4.92. The SMILES string of the molecule is O=C(NNC(=O)c1ccc(COc2ccccc2)o1)c1ccc(Cl)c(N2CCCC2=O)c1. The Hall–Kier alpha value is -3.78. The van der Waals surface area contributed by atoms with Gasteiger partial charge < -0.3 is 14.1 Å². The third-order valence-electron chi connectivity index (χ3n) is 4.87. The van der Waals surface area contributed by atoms with E-state index in [1.807, 2.05) is 30.3 Å². The van der Waals surface area contributed by atoms with Crippen molar-refractivity contribution in [3.63, 3.8) is 0 Å². The molecule has 3 amide bonds. The number of carbonyl (C=O) groups excluding carboxylic acids is 3. The van der Waals surface area contributed by atoms with Crippen molar-refractivity contribution in [3.05, 3.63) is 82.8 Å². The molecule has 164 valence electrons. The van der Waals surface area contributed by atoms with Crippen LogP contribution in [0, 0.1) is 0 Å². The van der Waals surface area contributed by atoms with E-state index in [1.54, 1.807) is 17.0 Å². The summed E-state index contributed by atoms with van der Waals surface area (Å²) in [5, 5.41) is 0.377. The van der Waals surface area contributed by atoms with Gasteiger partial charge in [-0.2, -0.15) is 0 Å². The van der Waals surface area contributed by atoms with Gasteiger partial charge in [-0.3, -0.25) is 25.2 Å². The van der Waals surface area contributed by atoms with Crippen molar-refractivity contribution < 1.29 is 23.5 Å². The van der Waals surface area contributed by atoms with E-state index in [-0.39, 0.29) is 23.8 Å². The first kappa shape index (κ1) is 21.5. The lowest BCUT2D eigenvalue weighted by Gasteiger charge is -2.18. The predicted octanol–water partition coefficient (Wildman–Crippen LogP) is 3.71. The molecule has 1 fully saturated rings. The maximum absolute atomic E-state index is 12.5. The van der Waals surface area contributed by atoms with Gasteiger partial charge in [0.25, 0.3) is 5.91 Å². The first-order valence-corrected chi connectivity index (χ1v) is 10.4. The number of anilines is 1. The number of hydrogen-bond donors (Lipinski definition) is 2. The van der Waals surface area contributed by atoms with Gasteiger partial charge in [0.05, 0.1) is 10.7 Å². The number of rotatable bonds is 6. The van der Waals surface area contributed by atoms with Crippen LogP contribution in [0.25, 0.3) is 0 Å². The third-order valence-corrected chi connectivity index (χ3v) is 5.19. The minimum atomic E-state index is -0.617. The van der Waals surface area contributed by atoms with Gasteiger partial charge in [0.1, 0.15) is 18.1 Å². The minimum absolute atomic E-state index is 0.0245. The number of nitrogens with one attached hydrogen (secondary N) is 2. The van der Waals surface area contributed by atoms with E-state index < -0.39 is 11.8 Å². The molecular weight excluding hydrogens is 434 g/mol. The van der Waals surface area contributed by atoms with E-state index in [0.717, 1.165) is 6.42 Å². The highest BCUT2D eigenvalue weighted by molar-refractivity contribution is 6.34. The topological polar surface area (TPSA) is 101 Å². The number of furan rings is 1. The monoisotopic (exact) mass is 453 g/mol. The molecule has 32 heavy (non-hydrogen) atoms. The van der Waals surface area contributed by atoms with Gasteiger partial charge in [-0.25, -0.2) is 0 Å². The van der Waals surface area contributed by atoms with Crippen molar-refractivity contribution in [2.45, 2.75) is 19.4 Å². The normalized spacial score (nSPS) is 13.2. The summed E-state index contributed by atoms with van der Waals surface area (Å²) in [4.78, 5) is 38.3. The molecule has 0 aliphatic carbocycles. The van der Waals surface area contributed by atoms with E-state index in [9.17, 15) is 14.4 Å². The summed E-state index contributed by atoms with van der Waals surface area (Å²) in [6.07, 6.45) is 1.19. The Morgan fingerprint density at radius 3 is 2.56 bits per heavy atom. The van der Waals surface area contributed by atoms with E-state index in [1.165, 1.54) is 18.2 Å². The standard InChI is InChI=1S/C23H20ClN3O5/c24-18-10-8-15(13-19(18)27-12-4-7-21(27)28)22(29)25-26-23(30)20-11-9-17(32-20)14-31-16-5-2-1-3-6-16/h1-3,5-6,8-11,13H,4,7,12,14H2,(H,25,29)(H,26,30). The Balaban J connectivity index is 1.34. The number of ether oxygens (including phenoxy) is 1. The molecule has 2 N–H and O–H groups in total. The van der Waals surface area contributed by atoms with Crippen LogP contribution in [-0.2, 0) is 11.4 Å². The lowest BCUT2D eigenvalue weighted by molar-refractivity contribution is -0.117. The molecule has 0 saturated carbocycles. The van der Waals surface area contributed by atoms with Gasteiger partial charge in [-0.05, 0) is 48.9 Å². The molecular formula is C23H20ClN3O5. The fourth-order valence-corrected chi connectivity index (χ4v) is 3.48. The average Bonchev–Trinajstić information content (AvgIpc) is 3.46. The molecule has 1 saturated heterocycles. The lowest BCUT2D eigenvalue weighted by atomic mass is 10.2. The van der Waals surface area contributed by atoms with Crippen molar-refractivity contribution in [3.8, 4) is 5.75 Å². The second kappa shape index (κ2) is 9.57. The number of amides is 3. The van der Waals surface area contributed by atoms with Crippen LogP contribution in [0.3, 0.4) is 0 Å². The molecule has 1 aliphatic heterocycles. The maximum Gasteiger partial charge on any atom is 0.305 e. The number of halogens is 1. The zero-order valence-electron chi connectivity index (χ0n) is 17.0. The molecule has 1 aliphatic rings. The summed E-state index contributed by atoms with van der Waals surface area (Å²) in [7, 11) is 0. The Kier molecular flexibility index (Phi) is 6.42. The Morgan fingerprint density at radius 1 is 1.03 bits per heavy atom. The molecule has 0 bridgehead atoms. The molecule has 8 nitrogen and oxygen atoms in total. The van der Waals surface area contributed by atoms with Gasteiger partial charge in [0.2, 0.25) is 5.91 Å². The van der Waals surface area contributed by atoms with Crippen LogP contribution in [0.5, 0.6) is 5.75 Å². The molecule has 9 heteroatoms. The number of hydrazine groups is 1. The Labute approximate surface area is 189 Å². The molecule has 4 rings (SSSR count). The van der Waals surface area contributed by atoms with Crippen molar-refractivity contribution in [1.82, 2.24) is 10.9 Å². The second-order valence-corrected chi connectivity index (χ2v) is 7.50. The zero-order chi connectivity index (χ0) is 22.5. The van der Waals surface area contributed by atoms with E-state index in [4.69, 9.17) is 20.8 Å². The van der Waals surface area contributed by atoms with Crippen molar-refractivity contribution in [1.29, 1.82) is 0 Å². The first-order chi connectivity index (χ1) is 15.5. The highest BCUT2D eigenvalue weighted by Gasteiger charge is 2.24. The van der Waals surface area contributed by atoms with Crippen LogP contribution in [0.1, 0.15) is 39.5 Å². The molecule has 0 atom stereocenters. The van der Waals surface area contributed by atoms with Crippen molar-refractivity contribution in [2.75, 3.05) is 11.4 Å². The molecule has 2 heterocycles. The molecule has 0 spiro atoms. The molecule has 0 radical (unpaired) electrons. The molecule has 2 aromatic carbocycles. The predicted molar refractivity (Wildman–Crippen MR) is 117 cm³/mol. The number of benzene rings is 2. The zero-order valence-corrected chi connectivity index (χ0v) is 17.7. The smallest absolute Gasteiger partial charge is 0.305 e. The van der Waals surface area contributed by atoms with Crippen LogP contribution in [0.15, 0.2) is 65.1 Å². The molecule has 0 unspecified atom stereocenters. The van der Waals surface area contributed by atoms with E-state index >= 15 is 0 Å². The van der Waals surface area contributed by atoms with Gasteiger partial charge in [-0.1, -0.05) is 29.8 Å². The highest BCUT2D eigenvalue weighted by Crippen LogP contribution is 2.30. The highest BCUT2D eigenvalue weighted by atomic mass is 35.5. The Bertz CT molecular complexity index is 1150. The number of para-hydroxylation sites is 1. The number of nitrogens with zero attached hydrogens (tertiary/aromatic N) is 1. The summed E-state index contributed by atoms with van der Waals surface area (Å²) >= 11 is 6.20. The fraction of sp³-hybridized carbons (Fsp3) is 0.174. The van der Waals surface area contributed by atoms with Crippen LogP contribution in [0.4, 0.5) is 5.69 Å². The summed E-state index contributed by atoms with van der Waals surface area (Å²) in [6.45, 7) is 0.710. The summed E-state index contributed by atoms with van der Waals surface area (Å²) in [5.74, 6) is -0.0440. The molecule has 1 aromatic heterocycles. The number of carbonyl (C=O) groups is 3. The second-order valence-electron chi connectivity index (χ2n) is 7.09. The van der Waals surface area contributed by atoms with Crippen molar-refractivity contribution >= 4 is 35.0 Å². The first-order valence-electron chi connectivity index (χ1n) is 9.98. The quantitative estimate of drug-likeness (QED) is 0.554. The van der Waals surface area contributed by atoms with Gasteiger partial charge in [0, 0.05) is 18.5 Å². The summed E-state index contributed by atoms with van der Waals surface area (Å²) < 4.78 is 11.0. The van der Waals surface area contributed by atoms with Crippen LogP contribution in [0.2, 0.25) is 5.02 Å². The van der Waals surface area contributed by atoms with Gasteiger partial charge in [0.15, 0.2) is 5.76 Å². The van der Waals surface area contributed by atoms with Crippen LogP contribution in [-0.4, -0.2) is 24.3 Å². The van der Waals surface area contributed by atoms with Gasteiger partial charge in [-0.15, -0.1) is 0 Å². The molecule has 3 aromatic rings. The summed E-state index contributed by atoms with van der Waals surface area (Å²) in [5.41, 5.74) is 5.37. The van der Waals surface area contributed by atoms with E-state index in [2.05, 4.69) is 10.9 Å². The largest absolute Gasteiger partial charge is 0.486 e. The minimum Gasteiger partial charge on any atom is -0.486 e. The average molecular weight is 454 g/mol. The number of hydrogen-bond acceptors (Lipinski definition) is 5. The lowest BCUT2D eigenvalue weighted by Crippen LogP contribution is -2.41. The fourth-order valence-electron chi connectivity index (χ4n) is 3.26. The van der Waals surface area contributed by atoms with Crippen molar-refractivity contribution in [2.24, 2.45) is 0 Å². The summed E-state index contributed by atoms with van der Waals surface area (Å²) in [6, 6.07) is 16.9. The maximum atomic E-state index is 12.5. The van der Waals surface area contributed by atoms with Crippen LogP contribution >= 0.6 is 11.6 Å². The Morgan fingerprint density at radius 2 is 1.81 bits per heavy atom. The van der Waals surface area contributed by atoms with Crippen LogP contribution < -0.4 is 20.5 Å². The van der Waals surface area contributed by atoms with E-state index in [0.29, 0.717) is 35.2 Å².